The van der Waals surface area contributed by atoms with Gasteiger partial charge in [-0.15, -0.1) is 23.1 Å². The Hall–Kier alpha value is -1.63. The van der Waals surface area contributed by atoms with Crippen LogP contribution < -0.4 is 10.6 Å². The van der Waals surface area contributed by atoms with Crippen molar-refractivity contribution >= 4 is 44.7 Å². The second kappa shape index (κ2) is 7.65. The smallest absolute Gasteiger partial charge is 0.102 e. The van der Waals surface area contributed by atoms with Crippen molar-refractivity contribution in [2.24, 2.45) is 5.92 Å². The van der Waals surface area contributed by atoms with Crippen molar-refractivity contribution in [2.45, 2.75) is 55.3 Å². The highest BCUT2D eigenvalue weighted by molar-refractivity contribution is 8.00. The van der Waals surface area contributed by atoms with E-state index in [1.807, 2.05) is 23.5 Å². The largest absolute Gasteiger partial charge is 0.355 e. The van der Waals surface area contributed by atoms with Crippen LogP contribution in [0.25, 0.3) is 10.2 Å². The first-order valence-electron chi connectivity index (χ1n) is 10.2. The lowest BCUT2D eigenvalue weighted by Crippen LogP contribution is -2.45. The molecule has 2 aliphatic heterocycles. The van der Waals surface area contributed by atoms with Crippen LogP contribution in [0.1, 0.15) is 44.6 Å². The molecule has 1 saturated heterocycles. The summed E-state index contributed by atoms with van der Waals surface area (Å²) in [6.45, 7) is 5.87. The molecule has 0 radical (unpaired) electrons. The summed E-state index contributed by atoms with van der Waals surface area (Å²) in [6.07, 6.45) is 5.76. The van der Waals surface area contributed by atoms with E-state index in [0.717, 1.165) is 17.7 Å². The van der Waals surface area contributed by atoms with E-state index in [-0.39, 0.29) is 0 Å². The molecule has 0 spiro atoms. The molecule has 2 aromatic heterocycles. The molecule has 3 aromatic rings. The number of hydrogen-bond donors (Lipinski definition) is 2. The van der Waals surface area contributed by atoms with Crippen molar-refractivity contribution in [2.75, 3.05) is 11.9 Å². The summed E-state index contributed by atoms with van der Waals surface area (Å²) < 4.78 is 1.23. The molecular weight excluding hydrogens is 384 g/mol. The number of nitrogens with one attached hydrogen (secondary N) is 2. The highest BCUT2D eigenvalue weighted by Crippen LogP contribution is 2.52. The van der Waals surface area contributed by atoms with Crippen molar-refractivity contribution in [3.8, 4) is 0 Å². The molecule has 0 saturated carbocycles. The molecule has 4 atom stereocenters. The second-order valence-corrected chi connectivity index (χ2v) is 9.94. The predicted molar refractivity (Wildman–Crippen MR) is 120 cm³/mol. The Balaban J connectivity index is 1.44. The second-order valence-electron chi connectivity index (χ2n) is 7.88. The highest BCUT2D eigenvalue weighted by Gasteiger charge is 2.41. The number of hydrogen-bond acceptors (Lipinski definition) is 6. The van der Waals surface area contributed by atoms with Gasteiger partial charge in [0, 0.05) is 34.4 Å². The Morgan fingerprint density at radius 3 is 3.07 bits per heavy atom. The number of anilines is 2. The summed E-state index contributed by atoms with van der Waals surface area (Å²) in [4.78, 5) is 9.20. The molecule has 4 heterocycles. The fourth-order valence-electron chi connectivity index (χ4n) is 4.86. The van der Waals surface area contributed by atoms with Gasteiger partial charge in [-0.3, -0.25) is 0 Å². The molecule has 0 bridgehead atoms. The normalized spacial score (nSPS) is 27.1. The third kappa shape index (κ3) is 3.21. The lowest BCUT2D eigenvalue weighted by molar-refractivity contribution is 0.258. The van der Waals surface area contributed by atoms with Crippen LogP contribution in [0.5, 0.6) is 0 Å². The fraction of sp³-hybridized carbons (Fsp3) is 0.455. The Labute approximate surface area is 174 Å². The zero-order valence-electron chi connectivity index (χ0n) is 16.3. The maximum Gasteiger partial charge on any atom is 0.102 e. The summed E-state index contributed by atoms with van der Waals surface area (Å²) in [5.74, 6) is 1.21. The van der Waals surface area contributed by atoms with Gasteiger partial charge >= 0.3 is 0 Å². The average Bonchev–Trinajstić information content (AvgIpc) is 3.32. The maximum absolute atomic E-state index is 4.74. The highest BCUT2D eigenvalue weighted by atomic mass is 32.2. The lowest BCUT2D eigenvalue weighted by Gasteiger charge is -2.37. The third-order valence-corrected chi connectivity index (χ3v) is 8.65. The van der Waals surface area contributed by atoms with Crippen LogP contribution in [-0.2, 0) is 0 Å². The van der Waals surface area contributed by atoms with Crippen LogP contribution in [0.15, 0.2) is 41.0 Å². The van der Waals surface area contributed by atoms with Crippen LogP contribution in [0.2, 0.25) is 0 Å². The zero-order valence-corrected chi connectivity index (χ0v) is 17.9. The molecule has 4 nitrogen and oxygen atoms in total. The standard InChI is InChI=1S/C22H26N4S2/c1-3-16-15(5-4-9-23-16)21-13(2)20-17(8-10-24-22(20)28-21)26-14-6-7-19-18(11-14)25-12-27-19/h6-8,10-13,15-16,21,23H,3-5,9H2,1-2H3,(H,24,26)/t13?,15-,16-,21?/m1/s1. The monoisotopic (exact) mass is 410 g/mol. The molecule has 28 heavy (non-hydrogen) atoms. The summed E-state index contributed by atoms with van der Waals surface area (Å²) >= 11 is 3.68. The molecule has 2 N–H and O–H groups in total. The summed E-state index contributed by atoms with van der Waals surface area (Å²) in [6, 6.07) is 9.19. The molecule has 2 unspecified atom stereocenters. The van der Waals surface area contributed by atoms with Crippen molar-refractivity contribution < 1.29 is 0 Å². The van der Waals surface area contributed by atoms with E-state index in [1.54, 1.807) is 11.3 Å². The number of piperidine rings is 1. The maximum atomic E-state index is 4.74. The van der Waals surface area contributed by atoms with Gasteiger partial charge in [0.25, 0.3) is 0 Å². The van der Waals surface area contributed by atoms with Crippen LogP contribution >= 0.6 is 23.1 Å². The first-order chi connectivity index (χ1) is 13.7. The average molecular weight is 411 g/mol. The van der Waals surface area contributed by atoms with Gasteiger partial charge in [0.15, 0.2) is 0 Å². The Morgan fingerprint density at radius 2 is 2.18 bits per heavy atom. The number of thiazole rings is 1. The summed E-state index contributed by atoms with van der Waals surface area (Å²) in [7, 11) is 0. The molecule has 6 heteroatoms. The number of thioether (sulfide) groups is 1. The van der Waals surface area contributed by atoms with E-state index in [0.29, 0.717) is 23.1 Å². The Kier molecular flexibility index (Phi) is 5.03. The topological polar surface area (TPSA) is 49.8 Å². The van der Waals surface area contributed by atoms with Gasteiger partial charge in [-0.2, -0.15) is 0 Å². The van der Waals surface area contributed by atoms with E-state index < -0.39 is 0 Å². The number of aromatic nitrogens is 2. The van der Waals surface area contributed by atoms with Crippen molar-refractivity contribution in [3.05, 3.63) is 41.5 Å². The summed E-state index contributed by atoms with van der Waals surface area (Å²) in [5.41, 5.74) is 6.64. The number of rotatable bonds is 4. The van der Waals surface area contributed by atoms with Crippen molar-refractivity contribution in [3.63, 3.8) is 0 Å². The number of fused-ring (bicyclic) bond motifs is 2. The molecular formula is C22H26N4S2. The molecule has 146 valence electrons. The fourth-order valence-corrected chi connectivity index (χ4v) is 7.16. The van der Waals surface area contributed by atoms with Crippen molar-refractivity contribution in [1.82, 2.24) is 15.3 Å². The predicted octanol–water partition coefficient (Wildman–Crippen LogP) is 5.79. The van der Waals surface area contributed by atoms with Gasteiger partial charge in [0.1, 0.15) is 5.03 Å². The number of pyridine rings is 1. The van der Waals surface area contributed by atoms with Crippen LogP contribution in [0.4, 0.5) is 11.4 Å². The van der Waals surface area contributed by atoms with Crippen LogP contribution in [0.3, 0.4) is 0 Å². The molecule has 5 rings (SSSR count). The van der Waals surface area contributed by atoms with E-state index in [4.69, 9.17) is 4.98 Å². The first-order valence-corrected chi connectivity index (χ1v) is 12.0. The minimum atomic E-state index is 0.498. The van der Waals surface area contributed by atoms with Gasteiger partial charge in [-0.25, -0.2) is 9.97 Å². The Morgan fingerprint density at radius 1 is 1.25 bits per heavy atom. The van der Waals surface area contributed by atoms with Gasteiger partial charge < -0.3 is 10.6 Å². The third-order valence-electron chi connectivity index (χ3n) is 6.26. The van der Waals surface area contributed by atoms with Crippen molar-refractivity contribution in [1.29, 1.82) is 0 Å². The van der Waals surface area contributed by atoms with E-state index in [2.05, 4.69) is 53.7 Å². The quantitative estimate of drug-likeness (QED) is 0.570. The van der Waals surface area contributed by atoms with E-state index >= 15 is 0 Å². The number of nitrogens with zero attached hydrogens (tertiary/aromatic N) is 2. The van der Waals surface area contributed by atoms with Gasteiger partial charge in [0.2, 0.25) is 0 Å². The molecule has 1 aromatic carbocycles. The SMILES string of the molecule is CC[C@H]1NCCC[C@H]1C1Sc2nccc(Nc3ccc4scnc4c3)c2C1C. The zero-order chi connectivity index (χ0) is 19.1. The molecule has 2 aliphatic rings. The van der Waals surface area contributed by atoms with Gasteiger partial charge in [-0.1, -0.05) is 13.8 Å². The van der Waals surface area contributed by atoms with Gasteiger partial charge in [-0.05, 0) is 61.9 Å². The Bertz CT molecular complexity index is 986. The molecule has 0 aliphatic carbocycles. The number of benzene rings is 1. The lowest BCUT2D eigenvalue weighted by atomic mass is 9.80. The minimum absolute atomic E-state index is 0.498. The van der Waals surface area contributed by atoms with Crippen LogP contribution in [-0.4, -0.2) is 27.8 Å². The van der Waals surface area contributed by atoms with E-state index in [9.17, 15) is 0 Å². The first kappa shape index (κ1) is 18.4. The summed E-state index contributed by atoms with van der Waals surface area (Å²) in [5, 5.41) is 9.22. The molecule has 0 amide bonds. The minimum Gasteiger partial charge on any atom is -0.355 e. The molecule has 1 fully saturated rings. The van der Waals surface area contributed by atoms with E-state index in [1.165, 1.54) is 40.2 Å². The van der Waals surface area contributed by atoms with Crippen LogP contribution in [0, 0.1) is 5.92 Å². The van der Waals surface area contributed by atoms with Gasteiger partial charge in [0.05, 0.1) is 15.7 Å².